The fourth-order valence-electron chi connectivity index (χ4n) is 4.56. The van der Waals surface area contributed by atoms with Gasteiger partial charge in [-0.1, -0.05) is 42.5 Å². The van der Waals surface area contributed by atoms with Crippen molar-refractivity contribution in [2.24, 2.45) is 7.05 Å². The molecule has 5 nitrogen and oxygen atoms in total. The monoisotopic (exact) mass is 410 g/mol. The first-order chi connectivity index (χ1) is 15.1. The molecule has 156 valence electrons. The Hall–Kier alpha value is -3.60. The van der Waals surface area contributed by atoms with Crippen LogP contribution in [0.1, 0.15) is 15.9 Å². The minimum atomic E-state index is 0.110. The number of pyridine rings is 1. The van der Waals surface area contributed by atoms with Gasteiger partial charge in [0.2, 0.25) is 0 Å². The third-order valence-electron chi connectivity index (χ3n) is 6.20. The molecule has 1 aliphatic rings. The standard InChI is InChI=1S/C26H26N4O/c1-19-10-11-22-23(17-19)28(2)25(20-7-4-3-5-8-20)24(22)26(31)30-15-13-29(14-16-30)21-9-6-12-27-18-21/h3-12,17-18H,13-16H2,1-2H3. The van der Waals surface area contributed by atoms with Crippen LogP contribution in [0.5, 0.6) is 0 Å². The molecule has 1 saturated heterocycles. The summed E-state index contributed by atoms with van der Waals surface area (Å²) in [6, 6.07) is 20.6. The summed E-state index contributed by atoms with van der Waals surface area (Å²) in [5.41, 5.74) is 6.25. The summed E-state index contributed by atoms with van der Waals surface area (Å²) in [6.07, 6.45) is 3.68. The number of hydrogen-bond acceptors (Lipinski definition) is 3. The molecule has 0 saturated carbocycles. The molecule has 0 N–H and O–H groups in total. The van der Waals surface area contributed by atoms with Gasteiger partial charge < -0.3 is 14.4 Å². The van der Waals surface area contributed by atoms with Gasteiger partial charge in [-0.2, -0.15) is 0 Å². The van der Waals surface area contributed by atoms with Gasteiger partial charge in [-0.15, -0.1) is 0 Å². The number of benzene rings is 2. The lowest BCUT2D eigenvalue weighted by Gasteiger charge is -2.36. The third kappa shape index (κ3) is 3.46. The number of piperazine rings is 1. The molecule has 5 rings (SSSR count). The van der Waals surface area contributed by atoms with Crippen molar-refractivity contribution in [3.63, 3.8) is 0 Å². The van der Waals surface area contributed by atoms with Gasteiger partial charge in [-0.25, -0.2) is 0 Å². The van der Waals surface area contributed by atoms with Gasteiger partial charge in [0.1, 0.15) is 0 Å². The van der Waals surface area contributed by atoms with Crippen LogP contribution in [0.2, 0.25) is 0 Å². The molecule has 1 fully saturated rings. The van der Waals surface area contributed by atoms with E-state index in [1.165, 1.54) is 5.56 Å². The van der Waals surface area contributed by atoms with E-state index in [0.29, 0.717) is 13.1 Å². The zero-order valence-corrected chi connectivity index (χ0v) is 18.0. The highest BCUT2D eigenvalue weighted by atomic mass is 16.2. The molecule has 2 aromatic heterocycles. The van der Waals surface area contributed by atoms with E-state index in [1.54, 1.807) is 6.20 Å². The third-order valence-corrected chi connectivity index (χ3v) is 6.20. The van der Waals surface area contributed by atoms with Crippen molar-refractivity contribution in [1.29, 1.82) is 0 Å². The van der Waals surface area contributed by atoms with Gasteiger partial charge in [-0.3, -0.25) is 9.78 Å². The summed E-state index contributed by atoms with van der Waals surface area (Å²) >= 11 is 0. The predicted molar refractivity (Wildman–Crippen MR) is 125 cm³/mol. The highest BCUT2D eigenvalue weighted by Gasteiger charge is 2.28. The fraction of sp³-hybridized carbons (Fsp3) is 0.231. The number of hydrogen-bond donors (Lipinski definition) is 0. The Kier molecular flexibility index (Phi) is 4.94. The van der Waals surface area contributed by atoms with Crippen molar-refractivity contribution >= 4 is 22.5 Å². The summed E-state index contributed by atoms with van der Waals surface area (Å²) in [6.45, 7) is 5.10. The lowest BCUT2D eigenvalue weighted by molar-refractivity contribution is 0.0749. The minimum absolute atomic E-state index is 0.110. The van der Waals surface area contributed by atoms with Gasteiger partial charge in [0, 0.05) is 50.3 Å². The molecule has 0 radical (unpaired) electrons. The number of fused-ring (bicyclic) bond motifs is 1. The van der Waals surface area contributed by atoms with E-state index in [2.05, 4.69) is 64.8 Å². The van der Waals surface area contributed by atoms with Crippen LogP contribution < -0.4 is 4.90 Å². The second kappa shape index (κ2) is 7.91. The quantitative estimate of drug-likeness (QED) is 0.499. The molecule has 4 aromatic rings. The highest BCUT2D eigenvalue weighted by molar-refractivity contribution is 6.13. The fourth-order valence-corrected chi connectivity index (χ4v) is 4.56. The predicted octanol–water partition coefficient (Wildman–Crippen LogP) is 4.51. The van der Waals surface area contributed by atoms with Crippen molar-refractivity contribution in [1.82, 2.24) is 14.5 Å². The molecule has 0 aliphatic carbocycles. The van der Waals surface area contributed by atoms with Crippen LogP contribution in [0, 0.1) is 6.92 Å². The number of amides is 1. The first-order valence-electron chi connectivity index (χ1n) is 10.7. The lowest BCUT2D eigenvalue weighted by atomic mass is 10.0. The number of carbonyl (C=O) groups excluding carboxylic acids is 1. The zero-order valence-electron chi connectivity index (χ0n) is 18.0. The molecule has 0 spiro atoms. The number of rotatable bonds is 3. The van der Waals surface area contributed by atoms with Crippen LogP contribution in [0.25, 0.3) is 22.2 Å². The molecule has 1 amide bonds. The molecule has 0 unspecified atom stereocenters. The molecule has 0 atom stereocenters. The number of nitrogens with zero attached hydrogens (tertiary/aromatic N) is 4. The Bertz CT molecular complexity index is 1220. The molecule has 0 bridgehead atoms. The van der Waals surface area contributed by atoms with Crippen molar-refractivity contribution in [3.05, 3.63) is 84.2 Å². The van der Waals surface area contributed by atoms with Crippen molar-refractivity contribution in [2.45, 2.75) is 6.92 Å². The Morgan fingerprint density at radius 1 is 0.935 bits per heavy atom. The molecular formula is C26H26N4O. The van der Waals surface area contributed by atoms with Crippen molar-refractivity contribution in [3.8, 4) is 11.3 Å². The molecule has 2 aromatic carbocycles. The second-order valence-electron chi connectivity index (χ2n) is 8.16. The maximum Gasteiger partial charge on any atom is 0.256 e. The second-order valence-corrected chi connectivity index (χ2v) is 8.16. The van der Waals surface area contributed by atoms with Crippen molar-refractivity contribution in [2.75, 3.05) is 31.1 Å². The minimum Gasteiger partial charge on any atom is -0.367 e. The van der Waals surface area contributed by atoms with Crippen LogP contribution in [0.4, 0.5) is 5.69 Å². The van der Waals surface area contributed by atoms with E-state index >= 15 is 0 Å². The summed E-state index contributed by atoms with van der Waals surface area (Å²) in [5.74, 6) is 0.110. The number of anilines is 1. The Labute approximate surface area is 182 Å². The summed E-state index contributed by atoms with van der Waals surface area (Å²) in [7, 11) is 2.06. The van der Waals surface area contributed by atoms with Crippen LogP contribution in [-0.4, -0.2) is 46.5 Å². The smallest absolute Gasteiger partial charge is 0.256 e. The van der Waals surface area contributed by atoms with Crippen molar-refractivity contribution < 1.29 is 4.79 Å². The molecular weight excluding hydrogens is 384 g/mol. The Balaban J connectivity index is 1.52. The molecule has 1 aliphatic heterocycles. The van der Waals surface area contributed by atoms with Gasteiger partial charge in [0.25, 0.3) is 5.91 Å². The van der Waals surface area contributed by atoms with E-state index in [4.69, 9.17) is 0 Å². The number of carbonyl (C=O) groups is 1. The van der Waals surface area contributed by atoms with E-state index in [-0.39, 0.29) is 5.91 Å². The summed E-state index contributed by atoms with van der Waals surface area (Å²) in [4.78, 5) is 22.3. The number of aryl methyl sites for hydroxylation is 2. The van der Waals surface area contributed by atoms with E-state index < -0.39 is 0 Å². The van der Waals surface area contributed by atoms with Crippen LogP contribution in [-0.2, 0) is 7.05 Å². The maximum absolute atomic E-state index is 13.8. The zero-order chi connectivity index (χ0) is 21.4. The Morgan fingerprint density at radius 2 is 1.71 bits per heavy atom. The first kappa shape index (κ1) is 19.4. The first-order valence-corrected chi connectivity index (χ1v) is 10.7. The SMILES string of the molecule is Cc1ccc2c(C(=O)N3CCN(c4cccnc4)CC3)c(-c3ccccc3)n(C)c2c1. The highest BCUT2D eigenvalue weighted by Crippen LogP contribution is 2.34. The molecule has 31 heavy (non-hydrogen) atoms. The molecule has 3 heterocycles. The largest absolute Gasteiger partial charge is 0.367 e. The summed E-state index contributed by atoms with van der Waals surface area (Å²) < 4.78 is 2.16. The van der Waals surface area contributed by atoms with Gasteiger partial charge in [0.05, 0.1) is 23.1 Å². The van der Waals surface area contributed by atoms with E-state index in [9.17, 15) is 4.79 Å². The maximum atomic E-state index is 13.8. The van der Waals surface area contributed by atoms with Gasteiger partial charge in [-0.05, 0) is 36.2 Å². The topological polar surface area (TPSA) is 41.4 Å². The molecule has 5 heteroatoms. The van der Waals surface area contributed by atoms with E-state index in [1.807, 2.05) is 35.4 Å². The Morgan fingerprint density at radius 3 is 2.42 bits per heavy atom. The van der Waals surface area contributed by atoms with Crippen LogP contribution in [0.15, 0.2) is 73.1 Å². The van der Waals surface area contributed by atoms with E-state index in [0.717, 1.165) is 46.5 Å². The van der Waals surface area contributed by atoms with Gasteiger partial charge in [0.15, 0.2) is 0 Å². The van der Waals surface area contributed by atoms with Gasteiger partial charge >= 0.3 is 0 Å². The lowest BCUT2D eigenvalue weighted by Crippen LogP contribution is -2.48. The number of aromatic nitrogens is 2. The normalized spacial score (nSPS) is 14.3. The average Bonchev–Trinajstić information content (AvgIpc) is 3.11. The van der Waals surface area contributed by atoms with Crippen LogP contribution >= 0.6 is 0 Å². The van der Waals surface area contributed by atoms with Crippen LogP contribution in [0.3, 0.4) is 0 Å². The summed E-state index contributed by atoms with van der Waals surface area (Å²) in [5, 5.41) is 1.02. The average molecular weight is 411 g/mol.